The van der Waals surface area contributed by atoms with E-state index in [0.29, 0.717) is 19.5 Å². The Bertz CT molecular complexity index is 823. The summed E-state index contributed by atoms with van der Waals surface area (Å²) in [5, 5.41) is 5.02. The zero-order valence-electron chi connectivity index (χ0n) is 17.1. The topological polar surface area (TPSA) is 81.7 Å². The molecule has 4 heterocycles. The first-order chi connectivity index (χ1) is 14.7. The van der Waals surface area contributed by atoms with E-state index < -0.39 is 0 Å². The SMILES string of the molecule is O=C(NCCN1CCN(c2ncccn2)CC1)C1CCCN1C(=O)Cc1cccs1. The van der Waals surface area contributed by atoms with Gasteiger partial charge in [0.05, 0.1) is 6.42 Å². The van der Waals surface area contributed by atoms with Crippen LogP contribution in [0.4, 0.5) is 5.95 Å². The first-order valence-corrected chi connectivity index (χ1v) is 11.4. The predicted octanol–water partition coefficient (Wildman–Crippen LogP) is 1.01. The van der Waals surface area contributed by atoms with Crippen LogP contribution >= 0.6 is 11.3 Å². The molecule has 9 heteroatoms. The van der Waals surface area contributed by atoms with Gasteiger partial charge in [-0.2, -0.15) is 0 Å². The van der Waals surface area contributed by atoms with Crippen LogP contribution < -0.4 is 10.2 Å². The van der Waals surface area contributed by atoms with E-state index in [4.69, 9.17) is 0 Å². The monoisotopic (exact) mass is 428 g/mol. The molecule has 1 unspecified atom stereocenters. The molecule has 2 fully saturated rings. The molecule has 2 saturated heterocycles. The Labute approximate surface area is 180 Å². The lowest BCUT2D eigenvalue weighted by atomic mass is 10.2. The summed E-state index contributed by atoms with van der Waals surface area (Å²) in [6.07, 6.45) is 5.55. The van der Waals surface area contributed by atoms with Gasteiger partial charge in [-0.05, 0) is 30.4 Å². The van der Waals surface area contributed by atoms with Gasteiger partial charge in [0.1, 0.15) is 6.04 Å². The molecule has 2 aliphatic rings. The van der Waals surface area contributed by atoms with Gasteiger partial charge in [-0.3, -0.25) is 14.5 Å². The van der Waals surface area contributed by atoms with Crippen molar-refractivity contribution in [2.45, 2.75) is 25.3 Å². The van der Waals surface area contributed by atoms with Gasteiger partial charge in [0.15, 0.2) is 0 Å². The van der Waals surface area contributed by atoms with Crippen LogP contribution in [0.3, 0.4) is 0 Å². The minimum atomic E-state index is -0.329. The zero-order valence-corrected chi connectivity index (χ0v) is 17.9. The summed E-state index contributed by atoms with van der Waals surface area (Å²) in [5.74, 6) is 0.802. The molecule has 2 amide bonds. The summed E-state index contributed by atoms with van der Waals surface area (Å²) in [4.78, 5) is 41.3. The molecule has 0 spiro atoms. The third kappa shape index (κ3) is 5.14. The number of piperazine rings is 1. The molecule has 2 aliphatic heterocycles. The van der Waals surface area contributed by atoms with Crippen molar-refractivity contribution in [3.05, 3.63) is 40.8 Å². The van der Waals surface area contributed by atoms with Crippen LogP contribution in [0.1, 0.15) is 17.7 Å². The van der Waals surface area contributed by atoms with Crippen molar-refractivity contribution in [2.24, 2.45) is 0 Å². The molecule has 4 rings (SSSR count). The van der Waals surface area contributed by atoms with Gasteiger partial charge >= 0.3 is 0 Å². The van der Waals surface area contributed by atoms with Gasteiger partial charge in [0.2, 0.25) is 17.8 Å². The second-order valence-corrected chi connectivity index (χ2v) is 8.70. The fourth-order valence-electron chi connectivity index (χ4n) is 4.08. The quantitative estimate of drug-likeness (QED) is 0.709. The number of amides is 2. The normalized spacial score (nSPS) is 19.8. The highest BCUT2D eigenvalue weighted by Gasteiger charge is 2.33. The van der Waals surface area contributed by atoms with E-state index in [1.807, 2.05) is 23.6 Å². The highest BCUT2D eigenvalue weighted by Crippen LogP contribution is 2.20. The lowest BCUT2D eigenvalue weighted by molar-refractivity contribution is -0.137. The van der Waals surface area contributed by atoms with Crippen molar-refractivity contribution < 1.29 is 9.59 Å². The van der Waals surface area contributed by atoms with E-state index in [0.717, 1.165) is 56.4 Å². The smallest absolute Gasteiger partial charge is 0.242 e. The Balaban J connectivity index is 1.19. The molecule has 0 saturated carbocycles. The fraction of sp³-hybridized carbons (Fsp3) is 0.524. The van der Waals surface area contributed by atoms with Crippen LogP contribution in [0.15, 0.2) is 36.0 Å². The predicted molar refractivity (Wildman–Crippen MR) is 116 cm³/mol. The lowest BCUT2D eigenvalue weighted by Gasteiger charge is -2.34. The number of nitrogens with zero attached hydrogens (tertiary/aromatic N) is 5. The van der Waals surface area contributed by atoms with Gasteiger partial charge < -0.3 is 15.1 Å². The zero-order chi connectivity index (χ0) is 20.8. The van der Waals surface area contributed by atoms with Gasteiger partial charge in [0.25, 0.3) is 0 Å². The number of carbonyl (C=O) groups is 2. The summed E-state index contributed by atoms with van der Waals surface area (Å²) in [6.45, 7) is 5.68. The van der Waals surface area contributed by atoms with E-state index in [2.05, 4.69) is 25.1 Å². The second kappa shape index (κ2) is 9.99. The maximum Gasteiger partial charge on any atom is 0.242 e. The molecule has 0 aliphatic carbocycles. The second-order valence-electron chi connectivity index (χ2n) is 7.67. The number of hydrogen-bond acceptors (Lipinski definition) is 7. The minimum Gasteiger partial charge on any atom is -0.353 e. The molecule has 160 valence electrons. The maximum atomic E-state index is 12.7. The van der Waals surface area contributed by atoms with E-state index in [1.165, 1.54) is 0 Å². The number of carbonyl (C=O) groups excluding carboxylic acids is 2. The summed E-state index contributed by atoms with van der Waals surface area (Å²) in [6, 6.07) is 5.42. The Morgan fingerprint density at radius 2 is 1.90 bits per heavy atom. The van der Waals surface area contributed by atoms with Crippen molar-refractivity contribution in [3.63, 3.8) is 0 Å². The molecule has 2 aromatic heterocycles. The number of hydrogen-bond donors (Lipinski definition) is 1. The number of thiophene rings is 1. The van der Waals surface area contributed by atoms with E-state index >= 15 is 0 Å². The van der Waals surface area contributed by atoms with Crippen LogP contribution in [0.5, 0.6) is 0 Å². The number of rotatable bonds is 7. The molecular weight excluding hydrogens is 400 g/mol. The van der Waals surface area contributed by atoms with E-state index in [9.17, 15) is 9.59 Å². The first-order valence-electron chi connectivity index (χ1n) is 10.5. The third-order valence-electron chi connectivity index (χ3n) is 5.72. The molecule has 1 N–H and O–H groups in total. The lowest BCUT2D eigenvalue weighted by Crippen LogP contribution is -2.51. The average molecular weight is 429 g/mol. The molecule has 30 heavy (non-hydrogen) atoms. The largest absolute Gasteiger partial charge is 0.353 e. The number of anilines is 1. The Kier molecular flexibility index (Phi) is 6.91. The standard InChI is InChI=1S/C21H28N6O2S/c28-19(16-17-4-2-15-30-17)27-9-1-5-18(27)20(29)22-8-10-25-11-13-26(14-12-25)21-23-6-3-7-24-21/h2-4,6-7,15,18H,1,5,8-14,16H2,(H,22,29). The van der Waals surface area contributed by atoms with Crippen molar-refractivity contribution in [1.82, 2.24) is 25.1 Å². The Morgan fingerprint density at radius 3 is 2.63 bits per heavy atom. The van der Waals surface area contributed by atoms with E-state index in [-0.39, 0.29) is 17.9 Å². The van der Waals surface area contributed by atoms with Crippen molar-refractivity contribution in [1.29, 1.82) is 0 Å². The van der Waals surface area contributed by atoms with Crippen molar-refractivity contribution in [3.8, 4) is 0 Å². The van der Waals surface area contributed by atoms with E-state index in [1.54, 1.807) is 28.6 Å². The van der Waals surface area contributed by atoms with Crippen molar-refractivity contribution >= 4 is 29.1 Å². The van der Waals surface area contributed by atoms with Crippen LogP contribution in [0.25, 0.3) is 0 Å². The fourth-order valence-corrected chi connectivity index (χ4v) is 4.78. The van der Waals surface area contributed by atoms with Crippen LogP contribution in [0.2, 0.25) is 0 Å². The summed E-state index contributed by atoms with van der Waals surface area (Å²) in [5.41, 5.74) is 0. The van der Waals surface area contributed by atoms with Crippen molar-refractivity contribution in [2.75, 3.05) is 50.7 Å². The molecule has 1 atom stereocenters. The van der Waals surface area contributed by atoms with Crippen LogP contribution in [-0.2, 0) is 16.0 Å². The van der Waals surface area contributed by atoms with Gasteiger partial charge in [0, 0.05) is 63.1 Å². The first kappa shape index (κ1) is 20.7. The molecular formula is C21H28N6O2S. The number of aromatic nitrogens is 2. The maximum absolute atomic E-state index is 12.7. The minimum absolute atomic E-state index is 0.0247. The van der Waals surface area contributed by atoms with Gasteiger partial charge in [-0.15, -0.1) is 11.3 Å². The average Bonchev–Trinajstić information content (AvgIpc) is 3.47. The summed E-state index contributed by atoms with van der Waals surface area (Å²) >= 11 is 1.58. The molecule has 0 radical (unpaired) electrons. The summed E-state index contributed by atoms with van der Waals surface area (Å²) < 4.78 is 0. The Morgan fingerprint density at radius 1 is 1.10 bits per heavy atom. The molecule has 2 aromatic rings. The molecule has 8 nitrogen and oxygen atoms in total. The van der Waals surface area contributed by atoms with Crippen LogP contribution in [-0.4, -0.2) is 83.4 Å². The van der Waals surface area contributed by atoms with Gasteiger partial charge in [-0.25, -0.2) is 9.97 Å². The molecule has 0 aromatic carbocycles. The third-order valence-corrected chi connectivity index (χ3v) is 6.59. The van der Waals surface area contributed by atoms with Gasteiger partial charge in [-0.1, -0.05) is 6.07 Å². The highest BCUT2D eigenvalue weighted by molar-refractivity contribution is 7.10. The number of likely N-dealkylation sites (tertiary alicyclic amines) is 1. The highest BCUT2D eigenvalue weighted by atomic mass is 32.1. The molecule has 0 bridgehead atoms. The number of nitrogens with one attached hydrogen (secondary N) is 1. The Hall–Kier alpha value is -2.52. The summed E-state index contributed by atoms with van der Waals surface area (Å²) in [7, 11) is 0. The van der Waals surface area contributed by atoms with Crippen LogP contribution in [0, 0.1) is 0 Å².